The molecule has 2 aromatic rings. The van der Waals surface area contributed by atoms with Crippen LogP contribution in [0.4, 0.5) is 0 Å². The molecule has 0 aliphatic heterocycles. The van der Waals surface area contributed by atoms with Crippen LogP contribution in [0.1, 0.15) is 31.3 Å². The van der Waals surface area contributed by atoms with Crippen LogP contribution in [0.3, 0.4) is 0 Å². The average Bonchev–Trinajstić information content (AvgIpc) is 2.70. The van der Waals surface area contributed by atoms with Gasteiger partial charge in [-0.1, -0.05) is 11.6 Å². The van der Waals surface area contributed by atoms with E-state index < -0.39 is 5.97 Å². The van der Waals surface area contributed by atoms with Gasteiger partial charge in [-0.15, -0.1) is 0 Å². The average molecular weight is 279 g/mol. The van der Waals surface area contributed by atoms with E-state index in [1.54, 1.807) is 0 Å². The maximum absolute atomic E-state index is 10.6. The van der Waals surface area contributed by atoms with Crippen molar-refractivity contribution < 1.29 is 9.90 Å². The van der Waals surface area contributed by atoms with Crippen LogP contribution in [-0.2, 0) is 4.79 Å². The first-order valence-corrected chi connectivity index (χ1v) is 6.37. The monoisotopic (exact) mass is 278 g/mol. The first-order valence-electron chi connectivity index (χ1n) is 6.00. The van der Waals surface area contributed by atoms with Gasteiger partial charge >= 0.3 is 5.97 Å². The van der Waals surface area contributed by atoms with Crippen LogP contribution >= 0.6 is 11.6 Å². The summed E-state index contributed by atoms with van der Waals surface area (Å²) in [6.45, 7) is 5.97. The van der Waals surface area contributed by atoms with Crippen molar-refractivity contribution in [3.63, 3.8) is 0 Å². The number of aryl methyl sites for hydroxylation is 1. The number of hydrogen-bond acceptors (Lipinski definition) is 2. The number of aromatic nitrogens is 2. The van der Waals surface area contributed by atoms with Crippen LogP contribution in [0, 0.1) is 6.92 Å². The Morgan fingerprint density at radius 3 is 2.74 bits per heavy atom. The predicted octanol–water partition coefficient (Wildman–Crippen LogP) is 3.68. The topological polar surface area (TPSA) is 55.1 Å². The van der Waals surface area contributed by atoms with E-state index in [2.05, 4.69) is 4.98 Å². The first kappa shape index (κ1) is 13.6. The molecule has 2 rings (SSSR count). The van der Waals surface area contributed by atoms with Gasteiger partial charge in [0, 0.05) is 17.1 Å². The molecule has 0 unspecified atom stereocenters. The molecule has 0 fully saturated rings. The van der Waals surface area contributed by atoms with Crippen molar-refractivity contribution in [3.8, 4) is 0 Å². The standard InChI is InChI=1S/C14H15ClN2O2/c1-8(2)17-11-5-4-10(15)9(3)14(11)16-12(17)6-7-13(18)19/h4-8H,1-3H3,(H,18,19)/b7-6+. The Bertz CT molecular complexity index is 672. The highest BCUT2D eigenvalue weighted by Crippen LogP contribution is 2.28. The third-order valence-corrected chi connectivity index (χ3v) is 3.38. The molecule has 1 aromatic heterocycles. The molecule has 1 N–H and O–H groups in total. The van der Waals surface area contributed by atoms with Gasteiger partial charge < -0.3 is 9.67 Å². The minimum Gasteiger partial charge on any atom is -0.478 e. The Kier molecular flexibility index (Phi) is 3.62. The molecule has 5 heteroatoms. The molecule has 100 valence electrons. The van der Waals surface area contributed by atoms with Gasteiger partial charge in [-0.3, -0.25) is 0 Å². The highest BCUT2D eigenvalue weighted by molar-refractivity contribution is 6.32. The Balaban J connectivity index is 2.73. The zero-order valence-electron chi connectivity index (χ0n) is 11.0. The smallest absolute Gasteiger partial charge is 0.328 e. The molecular weight excluding hydrogens is 264 g/mol. The van der Waals surface area contributed by atoms with Crippen molar-refractivity contribution in [2.45, 2.75) is 26.8 Å². The van der Waals surface area contributed by atoms with Crippen molar-refractivity contribution >= 4 is 34.7 Å². The summed E-state index contributed by atoms with van der Waals surface area (Å²) in [5.41, 5.74) is 2.68. The number of fused-ring (bicyclic) bond motifs is 1. The van der Waals surface area contributed by atoms with Crippen molar-refractivity contribution in [1.29, 1.82) is 0 Å². The van der Waals surface area contributed by atoms with Gasteiger partial charge in [0.1, 0.15) is 5.82 Å². The van der Waals surface area contributed by atoms with E-state index in [1.807, 2.05) is 37.5 Å². The van der Waals surface area contributed by atoms with Crippen LogP contribution < -0.4 is 0 Å². The fraction of sp³-hybridized carbons (Fsp3) is 0.286. The lowest BCUT2D eigenvalue weighted by molar-refractivity contribution is -0.131. The van der Waals surface area contributed by atoms with E-state index in [-0.39, 0.29) is 6.04 Å². The Labute approximate surface area is 116 Å². The Morgan fingerprint density at radius 1 is 1.47 bits per heavy atom. The molecular formula is C14H15ClN2O2. The molecule has 0 amide bonds. The van der Waals surface area contributed by atoms with Gasteiger partial charge in [0.05, 0.1) is 11.0 Å². The zero-order valence-corrected chi connectivity index (χ0v) is 11.8. The van der Waals surface area contributed by atoms with Crippen molar-refractivity contribution in [2.24, 2.45) is 0 Å². The molecule has 0 saturated carbocycles. The van der Waals surface area contributed by atoms with E-state index in [9.17, 15) is 4.79 Å². The van der Waals surface area contributed by atoms with Crippen LogP contribution in [0.2, 0.25) is 5.02 Å². The second-order valence-electron chi connectivity index (χ2n) is 4.65. The third kappa shape index (κ3) is 2.49. The fourth-order valence-corrected chi connectivity index (χ4v) is 2.25. The summed E-state index contributed by atoms with van der Waals surface area (Å²) in [6.07, 6.45) is 2.60. The van der Waals surface area contributed by atoms with E-state index >= 15 is 0 Å². The van der Waals surface area contributed by atoms with Crippen molar-refractivity contribution in [2.75, 3.05) is 0 Å². The molecule has 0 spiro atoms. The van der Waals surface area contributed by atoms with Gasteiger partial charge in [-0.05, 0) is 44.5 Å². The number of hydrogen-bond donors (Lipinski definition) is 1. The minimum atomic E-state index is -0.989. The van der Waals surface area contributed by atoms with Crippen molar-refractivity contribution in [3.05, 3.63) is 34.6 Å². The Hall–Kier alpha value is -1.81. The van der Waals surface area contributed by atoms with Crippen LogP contribution in [0.15, 0.2) is 18.2 Å². The molecule has 0 aliphatic carbocycles. The summed E-state index contributed by atoms with van der Waals surface area (Å²) in [6, 6.07) is 3.93. The molecule has 0 saturated heterocycles. The van der Waals surface area contributed by atoms with E-state index in [1.165, 1.54) is 6.08 Å². The summed E-state index contributed by atoms with van der Waals surface area (Å²) < 4.78 is 2.00. The number of benzene rings is 1. The van der Waals surface area contributed by atoms with Crippen molar-refractivity contribution in [1.82, 2.24) is 9.55 Å². The van der Waals surface area contributed by atoms with Gasteiger partial charge in [-0.2, -0.15) is 0 Å². The number of aliphatic carboxylic acids is 1. The van der Waals surface area contributed by atoms with Gasteiger partial charge in [-0.25, -0.2) is 9.78 Å². The number of rotatable bonds is 3. The second-order valence-corrected chi connectivity index (χ2v) is 5.05. The van der Waals surface area contributed by atoms with E-state index in [4.69, 9.17) is 16.7 Å². The van der Waals surface area contributed by atoms with Gasteiger partial charge in [0.15, 0.2) is 0 Å². The van der Waals surface area contributed by atoms with Crippen LogP contribution in [-0.4, -0.2) is 20.6 Å². The summed E-state index contributed by atoms with van der Waals surface area (Å²) in [5.74, 6) is -0.366. The van der Waals surface area contributed by atoms with Crippen LogP contribution in [0.5, 0.6) is 0 Å². The summed E-state index contributed by atoms with van der Waals surface area (Å²) in [4.78, 5) is 15.1. The zero-order chi connectivity index (χ0) is 14.2. The SMILES string of the molecule is Cc1c(Cl)ccc2c1nc(/C=C/C(=O)O)n2C(C)C. The number of nitrogens with zero attached hydrogens (tertiary/aromatic N) is 2. The lowest BCUT2D eigenvalue weighted by atomic mass is 10.2. The molecule has 4 nitrogen and oxygen atoms in total. The van der Waals surface area contributed by atoms with Gasteiger partial charge in [0.25, 0.3) is 0 Å². The second kappa shape index (κ2) is 5.05. The van der Waals surface area contributed by atoms with E-state index in [0.717, 1.165) is 22.7 Å². The number of imidazole rings is 1. The lowest BCUT2D eigenvalue weighted by Gasteiger charge is -2.11. The molecule has 19 heavy (non-hydrogen) atoms. The number of carboxylic acids is 1. The summed E-state index contributed by atoms with van der Waals surface area (Å²) in [7, 11) is 0. The maximum atomic E-state index is 10.6. The third-order valence-electron chi connectivity index (χ3n) is 2.97. The minimum absolute atomic E-state index is 0.180. The molecule has 1 aromatic carbocycles. The molecule has 1 heterocycles. The molecule has 0 aliphatic rings. The number of carboxylic acid groups (broad SMARTS) is 1. The lowest BCUT2D eigenvalue weighted by Crippen LogP contribution is -2.03. The maximum Gasteiger partial charge on any atom is 0.328 e. The quantitative estimate of drug-likeness (QED) is 0.872. The van der Waals surface area contributed by atoms with E-state index in [0.29, 0.717) is 10.8 Å². The number of carbonyl (C=O) groups is 1. The highest BCUT2D eigenvalue weighted by atomic mass is 35.5. The number of halogens is 1. The highest BCUT2D eigenvalue weighted by Gasteiger charge is 2.14. The Morgan fingerprint density at radius 2 is 2.16 bits per heavy atom. The normalized spacial score (nSPS) is 11.8. The molecule has 0 atom stereocenters. The molecule has 0 bridgehead atoms. The fourth-order valence-electron chi connectivity index (χ4n) is 2.09. The first-order chi connectivity index (χ1) is 8.91. The predicted molar refractivity (Wildman–Crippen MR) is 76.5 cm³/mol. The van der Waals surface area contributed by atoms with Gasteiger partial charge in [0.2, 0.25) is 0 Å². The summed E-state index contributed by atoms with van der Waals surface area (Å²) in [5, 5.41) is 9.39. The van der Waals surface area contributed by atoms with Crippen LogP contribution in [0.25, 0.3) is 17.1 Å². The summed E-state index contributed by atoms with van der Waals surface area (Å²) >= 11 is 6.09. The largest absolute Gasteiger partial charge is 0.478 e. The molecule has 0 radical (unpaired) electrons.